The lowest BCUT2D eigenvalue weighted by Gasteiger charge is -2.05. The number of hydrogen-bond acceptors (Lipinski definition) is 4. The van der Waals surface area contributed by atoms with Crippen LogP contribution in [-0.2, 0) is 4.79 Å². The molecule has 0 aliphatic rings. The van der Waals surface area contributed by atoms with Crippen LogP contribution in [0.3, 0.4) is 0 Å². The average Bonchev–Trinajstić information content (AvgIpc) is 2.54. The first-order chi connectivity index (χ1) is 11.1. The maximum atomic E-state index is 12.4. The quantitative estimate of drug-likeness (QED) is 0.745. The molecular formula is C18H19NO3S. The summed E-state index contributed by atoms with van der Waals surface area (Å²) in [4.78, 5) is 23.2. The van der Waals surface area contributed by atoms with Gasteiger partial charge in [0.25, 0.3) is 5.91 Å². The molecule has 1 heterocycles. The van der Waals surface area contributed by atoms with E-state index in [2.05, 4.69) is 13.8 Å². The highest BCUT2D eigenvalue weighted by atomic mass is 32.1. The van der Waals surface area contributed by atoms with E-state index in [4.69, 9.17) is 10.5 Å². The standard InChI is InChI=1S/C15H11NO3S.C3H8/c16-14(17)8-19-9-5-6-13-11(7-9)15(18)10-3-1-2-4-12(10)20-13;1-3-2/h1-7H,8H2,(H2,16,17);3H2,1-2H3. The fraction of sp³-hybridized carbons (Fsp3) is 0.222. The van der Waals surface area contributed by atoms with E-state index in [9.17, 15) is 9.59 Å². The van der Waals surface area contributed by atoms with E-state index in [-0.39, 0.29) is 12.0 Å². The molecule has 0 radical (unpaired) electrons. The molecule has 0 fully saturated rings. The number of amides is 1. The maximum Gasteiger partial charge on any atom is 0.255 e. The third-order valence-corrected chi connectivity index (χ3v) is 4.08. The summed E-state index contributed by atoms with van der Waals surface area (Å²) in [6, 6.07) is 12.7. The van der Waals surface area contributed by atoms with Crippen LogP contribution in [0.25, 0.3) is 20.2 Å². The molecule has 4 nitrogen and oxygen atoms in total. The highest BCUT2D eigenvalue weighted by Gasteiger charge is 2.07. The summed E-state index contributed by atoms with van der Waals surface area (Å²) in [5, 5.41) is 1.28. The Bertz CT molecular complexity index is 886. The molecule has 0 saturated heterocycles. The minimum atomic E-state index is -0.547. The van der Waals surface area contributed by atoms with Crippen LogP contribution in [-0.4, -0.2) is 12.5 Å². The molecule has 120 valence electrons. The number of nitrogens with two attached hydrogens (primary N) is 1. The van der Waals surface area contributed by atoms with Crippen molar-refractivity contribution in [2.45, 2.75) is 20.3 Å². The maximum absolute atomic E-state index is 12.4. The van der Waals surface area contributed by atoms with E-state index in [0.29, 0.717) is 16.5 Å². The van der Waals surface area contributed by atoms with E-state index in [0.717, 1.165) is 9.40 Å². The van der Waals surface area contributed by atoms with Gasteiger partial charge in [-0.3, -0.25) is 9.59 Å². The summed E-state index contributed by atoms with van der Waals surface area (Å²) in [5.41, 5.74) is 5.00. The van der Waals surface area contributed by atoms with Crippen LogP contribution in [0.4, 0.5) is 0 Å². The predicted molar refractivity (Wildman–Crippen MR) is 96.3 cm³/mol. The zero-order valence-electron chi connectivity index (χ0n) is 13.2. The van der Waals surface area contributed by atoms with E-state index in [1.54, 1.807) is 23.5 Å². The second kappa shape index (κ2) is 7.74. The number of fused-ring (bicyclic) bond motifs is 2. The van der Waals surface area contributed by atoms with Gasteiger partial charge in [-0.1, -0.05) is 32.4 Å². The van der Waals surface area contributed by atoms with Gasteiger partial charge in [0.2, 0.25) is 0 Å². The second-order valence-corrected chi connectivity index (χ2v) is 6.13. The molecule has 0 saturated carbocycles. The molecule has 0 unspecified atom stereocenters. The Hall–Kier alpha value is -2.40. The summed E-state index contributed by atoms with van der Waals surface area (Å²) in [5.74, 6) is -0.0790. The number of carbonyl (C=O) groups excluding carboxylic acids is 1. The van der Waals surface area contributed by atoms with Crippen molar-refractivity contribution in [2.24, 2.45) is 5.73 Å². The van der Waals surface area contributed by atoms with Crippen molar-refractivity contribution in [3.8, 4) is 5.75 Å². The molecule has 3 aromatic rings. The Morgan fingerprint density at radius 1 is 1.09 bits per heavy atom. The Balaban J connectivity index is 0.000000595. The molecule has 2 N–H and O–H groups in total. The van der Waals surface area contributed by atoms with Crippen LogP contribution < -0.4 is 15.9 Å². The van der Waals surface area contributed by atoms with Gasteiger partial charge < -0.3 is 10.5 Å². The van der Waals surface area contributed by atoms with Gasteiger partial charge in [-0.15, -0.1) is 11.3 Å². The topological polar surface area (TPSA) is 69.4 Å². The van der Waals surface area contributed by atoms with Crippen LogP contribution >= 0.6 is 11.3 Å². The SMILES string of the molecule is CCC.NC(=O)COc1ccc2sc3ccccc3c(=O)c2c1. The van der Waals surface area contributed by atoms with Gasteiger partial charge in [-0.05, 0) is 30.3 Å². The molecule has 5 heteroatoms. The predicted octanol–water partition coefficient (Wildman–Crippen LogP) is 3.70. The monoisotopic (exact) mass is 329 g/mol. The van der Waals surface area contributed by atoms with Crippen LogP contribution in [0.15, 0.2) is 47.3 Å². The first-order valence-corrected chi connectivity index (χ1v) is 8.25. The average molecular weight is 329 g/mol. The number of carbonyl (C=O) groups is 1. The highest BCUT2D eigenvalue weighted by Crippen LogP contribution is 2.27. The normalized spacial score (nSPS) is 10.2. The lowest BCUT2D eigenvalue weighted by molar-refractivity contribution is -0.119. The molecule has 1 amide bonds. The van der Waals surface area contributed by atoms with Crippen molar-refractivity contribution < 1.29 is 9.53 Å². The minimum absolute atomic E-state index is 0.0288. The molecule has 1 aromatic heterocycles. The Kier molecular flexibility index (Phi) is 5.71. The number of hydrogen-bond donors (Lipinski definition) is 1. The smallest absolute Gasteiger partial charge is 0.255 e. The van der Waals surface area contributed by atoms with Gasteiger partial charge in [0.05, 0.1) is 0 Å². The molecule has 0 spiro atoms. The first kappa shape index (κ1) is 17.0. The zero-order chi connectivity index (χ0) is 16.8. The van der Waals surface area contributed by atoms with Gasteiger partial charge in [-0.2, -0.15) is 0 Å². The summed E-state index contributed by atoms with van der Waals surface area (Å²) in [6.45, 7) is 4.05. The molecule has 3 rings (SSSR count). The minimum Gasteiger partial charge on any atom is -0.484 e. The molecule has 0 atom stereocenters. The third kappa shape index (κ3) is 4.07. The van der Waals surface area contributed by atoms with Crippen LogP contribution in [0.5, 0.6) is 5.75 Å². The van der Waals surface area contributed by atoms with E-state index in [1.165, 1.54) is 6.42 Å². The molecular weight excluding hydrogens is 310 g/mol. The molecule has 2 aromatic carbocycles. The van der Waals surface area contributed by atoms with Crippen molar-refractivity contribution in [1.82, 2.24) is 0 Å². The number of benzene rings is 2. The van der Waals surface area contributed by atoms with Crippen LogP contribution in [0, 0.1) is 0 Å². The molecule has 0 aliphatic heterocycles. The van der Waals surface area contributed by atoms with Crippen LogP contribution in [0.2, 0.25) is 0 Å². The molecule has 0 aliphatic carbocycles. The summed E-state index contributed by atoms with van der Waals surface area (Å²) >= 11 is 1.55. The summed E-state index contributed by atoms with van der Waals surface area (Å²) < 4.78 is 7.08. The number of rotatable bonds is 3. The van der Waals surface area contributed by atoms with Crippen molar-refractivity contribution in [3.05, 3.63) is 52.7 Å². The largest absolute Gasteiger partial charge is 0.484 e. The van der Waals surface area contributed by atoms with Gasteiger partial charge in [-0.25, -0.2) is 0 Å². The van der Waals surface area contributed by atoms with E-state index >= 15 is 0 Å². The lowest BCUT2D eigenvalue weighted by Crippen LogP contribution is -2.20. The van der Waals surface area contributed by atoms with Gasteiger partial charge in [0.1, 0.15) is 5.75 Å². The van der Waals surface area contributed by atoms with Crippen molar-refractivity contribution in [2.75, 3.05) is 6.61 Å². The fourth-order valence-corrected chi connectivity index (χ4v) is 3.08. The van der Waals surface area contributed by atoms with E-state index in [1.807, 2.05) is 30.3 Å². The number of primary amides is 1. The van der Waals surface area contributed by atoms with Crippen molar-refractivity contribution in [1.29, 1.82) is 0 Å². The Morgan fingerprint density at radius 2 is 1.74 bits per heavy atom. The summed E-state index contributed by atoms with van der Waals surface area (Å²) in [7, 11) is 0. The van der Waals surface area contributed by atoms with Gasteiger partial charge in [0, 0.05) is 20.2 Å². The molecule has 23 heavy (non-hydrogen) atoms. The van der Waals surface area contributed by atoms with E-state index < -0.39 is 5.91 Å². The van der Waals surface area contributed by atoms with Crippen LogP contribution in [0.1, 0.15) is 20.3 Å². The highest BCUT2D eigenvalue weighted by molar-refractivity contribution is 7.24. The Labute approximate surface area is 138 Å². The second-order valence-electron chi connectivity index (χ2n) is 5.05. The lowest BCUT2D eigenvalue weighted by atomic mass is 10.2. The van der Waals surface area contributed by atoms with Gasteiger partial charge >= 0.3 is 0 Å². The third-order valence-electron chi connectivity index (χ3n) is 2.93. The first-order valence-electron chi connectivity index (χ1n) is 7.43. The van der Waals surface area contributed by atoms with Crippen molar-refractivity contribution >= 4 is 37.4 Å². The zero-order valence-corrected chi connectivity index (χ0v) is 14.0. The fourth-order valence-electron chi connectivity index (χ4n) is 2.03. The molecule has 0 bridgehead atoms. The van der Waals surface area contributed by atoms with Crippen molar-refractivity contribution in [3.63, 3.8) is 0 Å². The summed E-state index contributed by atoms with van der Waals surface area (Å²) in [6.07, 6.45) is 1.25. The Morgan fingerprint density at radius 3 is 2.43 bits per heavy atom. The number of ether oxygens (including phenoxy) is 1. The van der Waals surface area contributed by atoms with Gasteiger partial charge in [0.15, 0.2) is 12.0 Å².